The van der Waals surface area contributed by atoms with E-state index in [1.54, 1.807) is 7.11 Å². The molecule has 5 nitrogen and oxygen atoms in total. The van der Waals surface area contributed by atoms with E-state index in [9.17, 15) is 0 Å². The third kappa shape index (κ3) is 3.79. The molecule has 2 N–H and O–H groups in total. The van der Waals surface area contributed by atoms with E-state index < -0.39 is 0 Å². The lowest BCUT2D eigenvalue weighted by atomic mass is 9.84. The number of benzene rings is 1. The fourth-order valence-electron chi connectivity index (χ4n) is 2.80. The molecule has 0 saturated heterocycles. The maximum absolute atomic E-state index is 5.82. The molecule has 0 amide bonds. The highest BCUT2D eigenvalue weighted by atomic mass is 32.1. The number of hydrogen-bond acceptors (Lipinski definition) is 6. The van der Waals surface area contributed by atoms with Gasteiger partial charge in [-0.15, -0.1) is 0 Å². The zero-order chi connectivity index (χ0) is 18.0. The number of nitrogens with zero attached hydrogens (tertiary/aromatic N) is 3. The van der Waals surface area contributed by atoms with Gasteiger partial charge in [-0.05, 0) is 37.1 Å². The summed E-state index contributed by atoms with van der Waals surface area (Å²) in [6.45, 7) is 6.26. The Morgan fingerprint density at radius 3 is 2.44 bits per heavy atom. The van der Waals surface area contributed by atoms with Gasteiger partial charge in [-0.25, -0.2) is 15.0 Å². The number of anilines is 1. The highest BCUT2D eigenvalue weighted by Crippen LogP contribution is 2.32. The summed E-state index contributed by atoms with van der Waals surface area (Å²) in [5.41, 5.74) is 8.62. The minimum Gasteiger partial charge on any atom is -0.497 e. The van der Waals surface area contributed by atoms with Gasteiger partial charge in [0.05, 0.1) is 23.4 Å². The van der Waals surface area contributed by atoms with Gasteiger partial charge in [0.2, 0.25) is 0 Å². The molecule has 0 aliphatic rings. The Labute approximate surface area is 151 Å². The van der Waals surface area contributed by atoms with Crippen molar-refractivity contribution in [3.05, 3.63) is 53.6 Å². The molecule has 0 unspecified atom stereocenters. The second kappa shape index (κ2) is 6.80. The number of nitrogen functional groups attached to an aromatic ring is 1. The molecule has 130 valence electrons. The molecule has 0 atom stereocenters. The molecule has 0 saturated carbocycles. The predicted octanol–water partition coefficient (Wildman–Crippen LogP) is 4.02. The maximum Gasteiger partial charge on any atom is 0.180 e. The Hall–Kier alpha value is -2.47. The van der Waals surface area contributed by atoms with Crippen LogP contribution >= 0.6 is 11.3 Å². The average molecular weight is 354 g/mol. The molecule has 3 rings (SSSR count). The zero-order valence-electron chi connectivity index (χ0n) is 14.9. The molecule has 0 aliphatic carbocycles. The van der Waals surface area contributed by atoms with E-state index >= 15 is 0 Å². The number of nitrogens with two attached hydrogens (primary N) is 1. The minimum absolute atomic E-state index is 0.200. The fourth-order valence-corrected chi connectivity index (χ4v) is 3.60. The number of methoxy groups -OCH3 is 1. The van der Waals surface area contributed by atoms with Gasteiger partial charge in [0.1, 0.15) is 11.6 Å². The lowest BCUT2D eigenvalue weighted by Crippen LogP contribution is -2.24. The van der Waals surface area contributed by atoms with Crippen LogP contribution in [0.4, 0.5) is 5.13 Å². The topological polar surface area (TPSA) is 73.9 Å². The number of aromatic nitrogens is 3. The predicted molar refractivity (Wildman–Crippen MR) is 102 cm³/mol. The summed E-state index contributed by atoms with van der Waals surface area (Å²) < 4.78 is 5.22. The van der Waals surface area contributed by atoms with Gasteiger partial charge in [-0.1, -0.05) is 37.3 Å². The van der Waals surface area contributed by atoms with Crippen LogP contribution in [0.3, 0.4) is 0 Å². The van der Waals surface area contributed by atoms with Crippen LogP contribution in [0.15, 0.2) is 36.5 Å². The number of hydrogen-bond donors (Lipinski definition) is 1. The quantitative estimate of drug-likeness (QED) is 0.749. The average Bonchev–Trinajstić information content (AvgIpc) is 2.94. The van der Waals surface area contributed by atoms with E-state index in [0.29, 0.717) is 5.13 Å². The van der Waals surface area contributed by atoms with E-state index in [1.807, 2.05) is 31.3 Å². The first-order valence-corrected chi connectivity index (χ1v) is 8.90. The van der Waals surface area contributed by atoms with Crippen molar-refractivity contribution in [3.8, 4) is 16.3 Å². The van der Waals surface area contributed by atoms with Crippen molar-refractivity contribution in [2.75, 3.05) is 12.8 Å². The van der Waals surface area contributed by atoms with Crippen molar-refractivity contribution < 1.29 is 4.74 Å². The smallest absolute Gasteiger partial charge is 0.180 e. The first-order chi connectivity index (χ1) is 11.9. The largest absolute Gasteiger partial charge is 0.497 e. The van der Waals surface area contributed by atoms with E-state index in [-0.39, 0.29) is 5.41 Å². The summed E-state index contributed by atoms with van der Waals surface area (Å²) >= 11 is 1.46. The summed E-state index contributed by atoms with van der Waals surface area (Å²) in [4.78, 5) is 14.6. The normalized spacial score (nSPS) is 11.5. The summed E-state index contributed by atoms with van der Waals surface area (Å²) in [6.07, 6.45) is 2.65. The monoisotopic (exact) mass is 354 g/mol. The first-order valence-electron chi connectivity index (χ1n) is 8.09. The maximum atomic E-state index is 5.82. The summed E-state index contributed by atoms with van der Waals surface area (Å²) in [5.74, 6) is 1.67. The molecular formula is C19H22N4OS. The zero-order valence-corrected chi connectivity index (χ0v) is 15.7. The van der Waals surface area contributed by atoms with Gasteiger partial charge in [-0.2, -0.15) is 0 Å². The molecule has 6 heteroatoms. The van der Waals surface area contributed by atoms with Crippen molar-refractivity contribution >= 4 is 16.5 Å². The summed E-state index contributed by atoms with van der Waals surface area (Å²) in [7, 11) is 1.67. The van der Waals surface area contributed by atoms with Gasteiger partial charge in [-0.3, -0.25) is 0 Å². The van der Waals surface area contributed by atoms with Crippen LogP contribution in [0, 0.1) is 6.92 Å². The number of rotatable bonds is 5. The Morgan fingerprint density at radius 1 is 1.12 bits per heavy atom. The van der Waals surface area contributed by atoms with E-state index in [2.05, 4.69) is 35.9 Å². The lowest BCUT2D eigenvalue weighted by Gasteiger charge is -2.23. The van der Waals surface area contributed by atoms with Crippen LogP contribution in [0.1, 0.15) is 30.9 Å². The Morgan fingerprint density at radius 2 is 1.84 bits per heavy atom. The summed E-state index contributed by atoms with van der Waals surface area (Å²) in [6, 6.07) is 10.0. The van der Waals surface area contributed by atoms with Crippen LogP contribution in [0.25, 0.3) is 10.6 Å². The third-order valence-corrected chi connectivity index (χ3v) is 5.12. The highest BCUT2D eigenvalue weighted by Gasteiger charge is 2.25. The second-order valence-corrected chi connectivity index (χ2v) is 7.67. The van der Waals surface area contributed by atoms with Crippen LogP contribution in [0.5, 0.6) is 5.75 Å². The van der Waals surface area contributed by atoms with Crippen molar-refractivity contribution in [1.82, 2.24) is 15.0 Å². The lowest BCUT2D eigenvalue weighted by molar-refractivity contribution is 0.414. The van der Waals surface area contributed by atoms with Crippen molar-refractivity contribution in [2.24, 2.45) is 0 Å². The van der Waals surface area contributed by atoms with Gasteiger partial charge >= 0.3 is 0 Å². The van der Waals surface area contributed by atoms with E-state index in [1.165, 1.54) is 16.9 Å². The Balaban J connectivity index is 1.89. The molecule has 25 heavy (non-hydrogen) atoms. The number of ether oxygens (including phenoxy) is 1. The van der Waals surface area contributed by atoms with E-state index in [0.717, 1.165) is 34.3 Å². The Bertz CT molecular complexity index is 871. The molecule has 0 fully saturated rings. The SMILES string of the molecule is COc1ccc(CC(C)(C)c2nccc(-c3sc(N)nc3C)n2)cc1. The Kier molecular flexibility index (Phi) is 4.72. The molecule has 0 radical (unpaired) electrons. The molecular weight excluding hydrogens is 332 g/mol. The molecule has 2 heterocycles. The standard InChI is InChI=1S/C19H22N4OS/c1-12-16(25-18(20)22-12)15-9-10-21-17(23-15)19(2,3)11-13-5-7-14(24-4)8-6-13/h5-10H,11H2,1-4H3,(H2,20,22). The van der Waals surface area contributed by atoms with Gasteiger partial charge in [0.25, 0.3) is 0 Å². The first kappa shape index (κ1) is 17.4. The molecule has 0 bridgehead atoms. The van der Waals surface area contributed by atoms with Crippen molar-refractivity contribution in [3.63, 3.8) is 0 Å². The minimum atomic E-state index is -0.200. The van der Waals surface area contributed by atoms with E-state index in [4.69, 9.17) is 15.5 Å². The van der Waals surface area contributed by atoms with Crippen molar-refractivity contribution in [2.45, 2.75) is 32.6 Å². The molecule has 3 aromatic rings. The van der Waals surface area contributed by atoms with Crippen LogP contribution in [0.2, 0.25) is 0 Å². The fraction of sp³-hybridized carbons (Fsp3) is 0.316. The highest BCUT2D eigenvalue weighted by molar-refractivity contribution is 7.18. The number of aryl methyl sites for hydroxylation is 1. The molecule has 2 aromatic heterocycles. The molecule has 1 aromatic carbocycles. The number of thiazole rings is 1. The third-order valence-electron chi connectivity index (χ3n) is 4.11. The second-order valence-electron chi connectivity index (χ2n) is 6.64. The van der Waals surface area contributed by atoms with Crippen molar-refractivity contribution in [1.29, 1.82) is 0 Å². The van der Waals surface area contributed by atoms with Crippen LogP contribution in [-0.4, -0.2) is 22.1 Å². The molecule has 0 spiro atoms. The molecule has 0 aliphatic heterocycles. The van der Waals surface area contributed by atoms with Crippen LogP contribution < -0.4 is 10.5 Å². The van der Waals surface area contributed by atoms with Crippen LogP contribution in [-0.2, 0) is 11.8 Å². The van der Waals surface area contributed by atoms with Gasteiger partial charge < -0.3 is 10.5 Å². The van der Waals surface area contributed by atoms with Gasteiger partial charge in [0.15, 0.2) is 5.13 Å². The summed E-state index contributed by atoms with van der Waals surface area (Å²) in [5, 5.41) is 0.560. The van der Waals surface area contributed by atoms with Gasteiger partial charge in [0, 0.05) is 11.6 Å².